The number of anilines is 1. The molecular formula is C23H22N4O2. The number of aromatic nitrogens is 3. The molecule has 29 heavy (non-hydrogen) atoms. The van der Waals surface area contributed by atoms with Crippen molar-refractivity contribution in [3.63, 3.8) is 0 Å². The third kappa shape index (κ3) is 2.95. The molecule has 1 amide bonds. The normalized spacial score (nSPS) is 18.3. The van der Waals surface area contributed by atoms with E-state index in [1.54, 1.807) is 21.9 Å². The van der Waals surface area contributed by atoms with Gasteiger partial charge in [0.1, 0.15) is 0 Å². The van der Waals surface area contributed by atoms with E-state index in [9.17, 15) is 9.59 Å². The Kier molecular flexibility index (Phi) is 4.27. The number of nitrogens with zero attached hydrogens (tertiary/aromatic N) is 4. The van der Waals surface area contributed by atoms with Crippen LogP contribution in [0.1, 0.15) is 42.0 Å². The zero-order valence-corrected chi connectivity index (χ0v) is 16.3. The molecule has 6 nitrogen and oxygen atoms in total. The first-order valence-electron chi connectivity index (χ1n) is 10.0. The summed E-state index contributed by atoms with van der Waals surface area (Å²) in [7, 11) is 1.84. The van der Waals surface area contributed by atoms with E-state index >= 15 is 0 Å². The van der Waals surface area contributed by atoms with Crippen molar-refractivity contribution in [2.24, 2.45) is 0 Å². The van der Waals surface area contributed by atoms with Gasteiger partial charge in [0, 0.05) is 49.5 Å². The molecule has 0 spiro atoms. The second kappa shape index (κ2) is 6.95. The zero-order chi connectivity index (χ0) is 20.0. The van der Waals surface area contributed by atoms with Crippen molar-refractivity contribution >= 4 is 11.6 Å². The third-order valence-electron chi connectivity index (χ3n) is 6.18. The maximum atomic E-state index is 12.3. The highest BCUT2D eigenvalue weighted by molar-refractivity contribution is 5.96. The molecule has 0 radical (unpaired) electrons. The lowest BCUT2D eigenvalue weighted by molar-refractivity contribution is -0.118. The number of amides is 1. The predicted octanol–water partition coefficient (Wildman–Crippen LogP) is 3.14. The fourth-order valence-corrected chi connectivity index (χ4v) is 4.67. The second-order valence-electron chi connectivity index (χ2n) is 7.78. The molecule has 1 aliphatic carbocycles. The molecule has 0 bridgehead atoms. The number of fused-ring (bicyclic) bond motifs is 2. The summed E-state index contributed by atoms with van der Waals surface area (Å²) >= 11 is 0. The Bertz CT molecular complexity index is 1170. The van der Waals surface area contributed by atoms with Crippen LogP contribution in [-0.4, -0.2) is 27.5 Å². The lowest BCUT2D eigenvalue weighted by Crippen LogP contribution is -2.31. The monoisotopic (exact) mass is 386 g/mol. The third-order valence-corrected chi connectivity index (χ3v) is 6.18. The lowest BCUT2D eigenvalue weighted by Gasteiger charge is -2.29. The van der Waals surface area contributed by atoms with Crippen molar-refractivity contribution in [1.82, 2.24) is 14.5 Å². The number of rotatable bonds is 2. The van der Waals surface area contributed by atoms with E-state index < -0.39 is 0 Å². The zero-order valence-electron chi connectivity index (χ0n) is 16.3. The lowest BCUT2D eigenvalue weighted by atomic mass is 9.84. The molecule has 0 N–H and O–H groups in total. The minimum absolute atomic E-state index is 0.0110. The van der Waals surface area contributed by atoms with E-state index in [0.717, 1.165) is 48.1 Å². The van der Waals surface area contributed by atoms with Crippen LogP contribution in [0, 0.1) is 0 Å². The van der Waals surface area contributed by atoms with Gasteiger partial charge >= 0.3 is 0 Å². The number of pyridine rings is 1. The van der Waals surface area contributed by atoms with Gasteiger partial charge in [0.05, 0.1) is 12.2 Å². The first-order valence-corrected chi connectivity index (χ1v) is 10.0. The van der Waals surface area contributed by atoms with Crippen molar-refractivity contribution in [2.75, 3.05) is 11.9 Å². The Balaban J connectivity index is 1.60. The van der Waals surface area contributed by atoms with Crippen molar-refractivity contribution in [3.8, 4) is 11.1 Å². The van der Waals surface area contributed by atoms with Gasteiger partial charge in [0.2, 0.25) is 5.91 Å². The van der Waals surface area contributed by atoms with Crippen LogP contribution in [0.5, 0.6) is 0 Å². The summed E-state index contributed by atoms with van der Waals surface area (Å²) in [6, 6.07) is 6.29. The molecule has 1 aliphatic heterocycles. The molecule has 6 heteroatoms. The Morgan fingerprint density at radius 1 is 1.03 bits per heavy atom. The molecule has 3 aromatic rings. The summed E-state index contributed by atoms with van der Waals surface area (Å²) in [6.07, 6.45) is 12.8. The molecule has 1 aromatic carbocycles. The van der Waals surface area contributed by atoms with Crippen LogP contribution >= 0.6 is 0 Å². The highest BCUT2D eigenvalue weighted by atomic mass is 16.2. The van der Waals surface area contributed by atoms with Gasteiger partial charge in [-0.05, 0) is 60.1 Å². The Hall–Kier alpha value is -3.28. The molecule has 2 aromatic heterocycles. The summed E-state index contributed by atoms with van der Waals surface area (Å²) in [4.78, 5) is 34.5. The van der Waals surface area contributed by atoms with Crippen molar-refractivity contribution in [1.29, 1.82) is 0 Å². The fourth-order valence-electron chi connectivity index (χ4n) is 4.67. The molecule has 5 rings (SSSR count). The van der Waals surface area contributed by atoms with Crippen LogP contribution in [-0.2, 0) is 17.6 Å². The highest BCUT2D eigenvalue weighted by Gasteiger charge is 2.26. The fraction of sp³-hybridized carbons (Fsp3) is 0.304. The molecule has 0 fully saturated rings. The van der Waals surface area contributed by atoms with E-state index in [0.29, 0.717) is 6.42 Å². The number of aryl methyl sites for hydroxylation is 1. The first-order chi connectivity index (χ1) is 14.1. The van der Waals surface area contributed by atoms with Crippen LogP contribution in [0.15, 0.2) is 54.0 Å². The molecule has 0 unspecified atom stereocenters. The summed E-state index contributed by atoms with van der Waals surface area (Å²) in [5.74, 6) is 0.162. The van der Waals surface area contributed by atoms with Crippen LogP contribution < -0.4 is 10.5 Å². The quantitative estimate of drug-likeness (QED) is 0.679. The van der Waals surface area contributed by atoms with E-state index in [2.05, 4.69) is 22.1 Å². The summed E-state index contributed by atoms with van der Waals surface area (Å²) in [5, 5.41) is 0. The standard InChI is InChI=1S/C23H22N4O2/c1-26-20-7-5-15(11-16(20)6-8-22(26)28)18-12-25-13-19-17(18)3-2-4-21(19)27-10-9-24-14-23(27)29/h5,7,9-14,21H,2-4,6,8H2,1H3/t21-/m1/s1. The maximum Gasteiger partial charge on any atom is 0.269 e. The smallest absolute Gasteiger partial charge is 0.269 e. The number of carbonyl (C=O) groups is 1. The summed E-state index contributed by atoms with van der Waals surface area (Å²) < 4.78 is 1.77. The number of hydrogen-bond acceptors (Lipinski definition) is 4. The van der Waals surface area contributed by atoms with Crippen molar-refractivity contribution in [2.45, 2.75) is 38.1 Å². The summed E-state index contributed by atoms with van der Waals surface area (Å²) in [5.41, 5.74) is 6.73. The SMILES string of the molecule is CN1C(=O)CCc2cc(-c3cncc4c3CCC[C@H]4n3ccncc3=O)ccc21. The van der Waals surface area contributed by atoms with Crippen LogP contribution in [0.25, 0.3) is 11.1 Å². The number of hydrogen-bond donors (Lipinski definition) is 0. The molecule has 2 aliphatic rings. The minimum atomic E-state index is -0.0859. The van der Waals surface area contributed by atoms with Gasteiger partial charge in [-0.15, -0.1) is 0 Å². The molecular weight excluding hydrogens is 364 g/mol. The molecule has 3 heterocycles. The van der Waals surface area contributed by atoms with Gasteiger partial charge in [-0.2, -0.15) is 0 Å². The van der Waals surface area contributed by atoms with E-state index in [1.807, 2.05) is 25.5 Å². The van der Waals surface area contributed by atoms with Crippen LogP contribution in [0.2, 0.25) is 0 Å². The van der Waals surface area contributed by atoms with Gasteiger partial charge in [0.25, 0.3) is 5.56 Å². The minimum Gasteiger partial charge on any atom is -0.315 e. The van der Waals surface area contributed by atoms with Gasteiger partial charge < -0.3 is 9.47 Å². The van der Waals surface area contributed by atoms with Gasteiger partial charge in [-0.3, -0.25) is 19.6 Å². The maximum absolute atomic E-state index is 12.3. The van der Waals surface area contributed by atoms with Crippen molar-refractivity contribution < 1.29 is 4.79 Å². The molecule has 1 atom stereocenters. The molecule has 0 saturated carbocycles. The Morgan fingerprint density at radius 3 is 2.79 bits per heavy atom. The summed E-state index contributed by atoms with van der Waals surface area (Å²) in [6.45, 7) is 0. The predicted molar refractivity (Wildman–Crippen MR) is 111 cm³/mol. The van der Waals surface area contributed by atoms with Crippen LogP contribution in [0.4, 0.5) is 5.69 Å². The van der Waals surface area contributed by atoms with Gasteiger partial charge in [0.15, 0.2) is 0 Å². The average Bonchev–Trinajstić information content (AvgIpc) is 2.76. The second-order valence-corrected chi connectivity index (χ2v) is 7.78. The first kappa shape index (κ1) is 17.8. The van der Waals surface area contributed by atoms with E-state index in [-0.39, 0.29) is 17.5 Å². The average molecular weight is 386 g/mol. The highest BCUT2D eigenvalue weighted by Crippen LogP contribution is 2.38. The number of carbonyl (C=O) groups excluding carboxylic acids is 1. The van der Waals surface area contributed by atoms with Crippen LogP contribution in [0.3, 0.4) is 0 Å². The largest absolute Gasteiger partial charge is 0.315 e. The molecule has 0 saturated heterocycles. The van der Waals surface area contributed by atoms with E-state index in [4.69, 9.17) is 0 Å². The van der Waals surface area contributed by atoms with E-state index in [1.165, 1.54) is 17.3 Å². The van der Waals surface area contributed by atoms with Crippen molar-refractivity contribution in [3.05, 3.63) is 76.2 Å². The van der Waals surface area contributed by atoms with Gasteiger partial charge in [-0.1, -0.05) is 6.07 Å². The Morgan fingerprint density at radius 2 is 1.93 bits per heavy atom. The number of benzene rings is 1. The Labute approximate surface area is 168 Å². The van der Waals surface area contributed by atoms with Gasteiger partial charge in [-0.25, -0.2) is 0 Å². The topological polar surface area (TPSA) is 68.1 Å². The molecule has 146 valence electrons.